The first kappa shape index (κ1) is 13.0. The first-order valence-corrected chi connectivity index (χ1v) is 5.43. The van der Waals surface area contributed by atoms with Gasteiger partial charge in [-0.2, -0.15) is 5.26 Å². The third kappa shape index (κ3) is 3.45. The van der Waals surface area contributed by atoms with Crippen molar-refractivity contribution in [2.45, 2.75) is 13.8 Å². The van der Waals surface area contributed by atoms with Crippen LogP contribution >= 0.6 is 0 Å². The molecular formula is C12H15N3O2. The number of carbonyl (C=O) groups is 1. The maximum absolute atomic E-state index is 10.8. The normalized spacial score (nSPS) is 11.6. The van der Waals surface area contributed by atoms with Gasteiger partial charge in [0.2, 0.25) is 0 Å². The predicted octanol–water partition coefficient (Wildman–Crippen LogP) is 1.50. The highest BCUT2D eigenvalue weighted by atomic mass is 16.4. The minimum absolute atomic E-state index is 0.337. The molecule has 1 unspecified atom stereocenters. The van der Waals surface area contributed by atoms with Crippen molar-refractivity contribution < 1.29 is 9.90 Å². The SMILES string of the molecule is CCN(CC(C)C(=O)O)c1cccc(C#N)n1. The maximum atomic E-state index is 10.8. The lowest BCUT2D eigenvalue weighted by Gasteiger charge is -2.23. The number of pyridine rings is 1. The highest BCUT2D eigenvalue weighted by Gasteiger charge is 2.16. The Labute approximate surface area is 100 Å². The lowest BCUT2D eigenvalue weighted by atomic mass is 10.1. The molecule has 0 saturated heterocycles. The largest absolute Gasteiger partial charge is 0.481 e. The molecule has 5 nitrogen and oxygen atoms in total. The van der Waals surface area contributed by atoms with Crippen molar-refractivity contribution in [2.75, 3.05) is 18.0 Å². The van der Waals surface area contributed by atoms with E-state index < -0.39 is 11.9 Å². The monoisotopic (exact) mass is 233 g/mol. The number of rotatable bonds is 5. The van der Waals surface area contributed by atoms with Crippen LogP contribution in [0.1, 0.15) is 19.5 Å². The fraction of sp³-hybridized carbons (Fsp3) is 0.417. The Kier molecular flexibility index (Phi) is 4.46. The molecule has 0 aliphatic carbocycles. The van der Waals surface area contributed by atoms with E-state index in [9.17, 15) is 4.79 Å². The summed E-state index contributed by atoms with van der Waals surface area (Å²) in [6, 6.07) is 7.11. The smallest absolute Gasteiger partial charge is 0.308 e. The van der Waals surface area contributed by atoms with Gasteiger partial charge in [-0.3, -0.25) is 4.79 Å². The molecule has 1 aromatic heterocycles. The molecule has 1 atom stereocenters. The van der Waals surface area contributed by atoms with Gasteiger partial charge in [0.25, 0.3) is 0 Å². The molecule has 0 aromatic carbocycles. The second kappa shape index (κ2) is 5.85. The molecule has 1 aromatic rings. The van der Waals surface area contributed by atoms with Gasteiger partial charge in [-0.05, 0) is 19.1 Å². The summed E-state index contributed by atoms with van der Waals surface area (Å²) in [6.07, 6.45) is 0. The van der Waals surface area contributed by atoms with E-state index in [1.165, 1.54) is 0 Å². The summed E-state index contributed by atoms with van der Waals surface area (Å²) in [7, 11) is 0. The van der Waals surface area contributed by atoms with Crippen molar-refractivity contribution >= 4 is 11.8 Å². The fourth-order valence-electron chi connectivity index (χ4n) is 1.45. The van der Waals surface area contributed by atoms with Crippen LogP contribution in [0.25, 0.3) is 0 Å². The zero-order valence-corrected chi connectivity index (χ0v) is 9.92. The van der Waals surface area contributed by atoms with Crippen molar-refractivity contribution in [3.05, 3.63) is 23.9 Å². The molecular weight excluding hydrogens is 218 g/mol. The van der Waals surface area contributed by atoms with Crippen molar-refractivity contribution in [3.8, 4) is 6.07 Å². The van der Waals surface area contributed by atoms with E-state index in [0.717, 1.165) is 0 Å². The van der Waals surface area contributed by atoms with Crippen LogP contribution in [0.3, 0.4) is 0 Å². The third-order valence-corrected chi connectivity index (χ3v) is 2.47. The second-order valence-electron chi connectivity index (χ2n) is 3.77. The quantitative estimate of drug-likeness (QED) is 0.833. The van der Waals surface area contributed by atoms with Crippen LogP contribution in [0, 0.1) is 17.2 Å². The number of carboxylic acids is 1. The highest BCUT2D eigenvalue weighted by Crippen LogP contribution is 2.13. The number of hydrogen-bond acceptors (Lipinski definition) is 4. The average Bonchev–Trinajstić information content (AvgIpc) is 2.35. The summed E-state index contributed by atoms with van der Waals surface area (Å²) >= 11 is 0. The summed E-state index contributed by atoms with van der Waals surface area (Å²) in [4.78, 5) is 16.8. The van der Waals surface area contributed by atoms with Gasteiger partial charge in [-0.1, -0.05) is 13.0 Å². The summed E-state index contributed by atoms with van der Waals surface area (Å²) in [5.41, 5.74) is 0.337. The third-order valence-electron chi connectivity index (χ3n) is 2.47. The first-order chi connectivity index (χ1) is 8.08. The molecule has 0 aliphatic heterocycles. The van der Waals surface area contributed by atoms with Gasteiger partial charge in [-0.25, -0.2) is 4.98 Å². The van der Waals surface area contributed by atoms with Crippen molar-refractivity contribution in [1.82, 2.24) is 4.98 Å². The molecule has 0 spiro atoms. The average molecular weight is 233 g/mol. The maximum Gasteiger partial charge on any atom is 0.308 e. The van der Waals surface area contributed by atoms with Gasteiger partial charge in [0.05, 0.1) is 5.92 Å². The molecule has 0 amide bonds. The second-order valence-corrected chi connectivity index (χ2v) is 3.77. The molecule has 5 heteroatoms. The fourth-order valence-corrected chi connectivity index (χ4v) is 1.45. The van der Waals surface area contributed by atoms with Crippen LogP contribution in [0.2, 0.25) is 0 Å². The molecule has 0 radical (unpaired) electrons. The minimum Gasteiger partial charge on any atom is -0.481 e. The Morgan fingerprint density at radius 1 is 1.65 bits per heavy atom. The summed E-state index contributed by atoms with van der Waals surface area (Å²) in [5, 5.41) is 17.6. The number of hydrogen-bond donors (Lipinski definition) is 1. The van der Waals surface area contributed by atoms with Crippen LogP contribution < -0.4 is 4.90 Å². The summed E-state index contributed by atoms with van der Waals surface area (Å²) in [5.74, 6) is -0.665. The van der Waals surface area contributed by atoms with E-state index in [1.54, 1.807) is 25.1 Å². The van der Waals surface area contributed by atoms with Gasteiger partial charge in [0.15, 0.2) is 0 Å². The standard InChI is InChI=1S/C12H15N3O2/c1-3-15(8-9(2)12(16)17)11-6-4-5-10(7-13)14-11/h4-6,9H,3,8H2,1-2H3,(H,16,17). The summed E-state index contributed by atoms with van der Waals surface area (Å²) < 4.78 is 0. The van der Waals surface area contributed by atoms with Crippen molar-refractivity contribution in [3.63, 3.8) is 0 Å². The number of nitriles is 1. The minimum atomic E-state index is -0.833. The molecule has 0 aliphatic rings. The van der Waals surface area contributed by atoms with Crippen molar-refractivity contribution in [1.29, 1.82) is 5.26 Å². The van der Waals surface area contributed by atoms with Gasteiger partial charge in [-0.15, -0.1) is 0 Å². The Bertz CT molecular complexity index is 440. The number of anilines is 1. The lowest BCUT2D eigenvalue weighted by Crippen LogP contribution is -2.32. The van der Waals surface area contributed by atoms with E-state index in [2.05, 4.69) is 4.98 Å². The van der Waals surface area contributed by atoms with Gasteiger partial charge >= 0.3 is 5.97 Å². The zero-order chi connectivity index (χ0) is 12.8. The van der Waals surface area contributed by atoms with E-state index in [1.807, 2.05) is 17.9 Å². The number of aromatic nitrogens is 1. The Morgan fingerprint density at radius 3 is 2.88 bits per heavy atom. The van der Waals surface area contributed by atoms with E-state index in [4.69, 9.17) is 10.4 Å². The van der Waals surface area contributed by atoms with Crippen LogP contribution in [0.5, 0.6) is 0 Å². The topological polar surface area (TPSA) is 77.2 Å². The van der Waals surface area contributed by atoms with Gasteiger partial charge < -0.3 is 10.0 Å². The Hall–Kier alpha value is -2.09. The molecule has 17 heavy (non-hydrogen) atoms. The van der Waals surface area contributed by atoms with Crippen LogP contribution in [0.4, 0.5) is 5.82 Å². The molecule has 0 saturated carbocycles. The predicted molar refractivity (Wildman–Crippen MR) is 63.6 cm³/mol. The first-order valence-electron chi connectivity index (χ1n) is 5.43. The number of aliphatic carboxylic acids is 1. The molecule has 0 bridgehead atoms. The zero-order valence-electron chi connectivity index (χ0n) is 9.92. The van der Waals surface area contributed by atoms with E-state index in [-0.39, 0.29) is 0 Å². The van der Waals surface area contributed by atoms with E-state index >= 15 is 0 Å². The molecule has 1 rings (SSSR count). The molecule has 90 valence electrons. The van der Waals surface area contributed by atoms with Crippen LogP contribution in [0.15, 0.2) is 18.2 Å². The molecule has 1 N–H and O–H groups in total. The van der Waals surface area contributed by atoms with Crippen molar-refractivity contribution in [2.24, 2.45) is 5.92 Å². The highest BCUT2D eigenvalue weighted by molar-refractivity contribution is 5.70. The number of nitrogens with zero attached hydrogens (tertiary/aromatic N) is 3. The van der Waals surface area contributed by atoms with E-state index in [0.29, 0.717) is 24.6 Å². The number of carboxylic acid groups (broad SMARTS) is 1. The lowest BCUT2D eigenvalue weighted by molar-refractivity contribution is -0.140. The Balaban J connectivity index is 2.86. The van der Waals surface area contributed by atoms with Gasteiger partial charge in [0.1, 0.15) is 17.6 Å². The molecule has 1 heterocycles. The summed E-state index contributed by atoms with van der Waals surface area (Å²) in [6.45, 7) is 4.61. The molecule has 0 fully saturated rings. The van der Waals surface area contributed by atoms with Crippen LogP contribution in [-0.4, -0.2) is 29.1 Å². The van der Waals surface area contributed by atoms with Gasteiger partial charge in [0, 0.05) is 13.1 Å². The van der Waals surface area contributed by atoms with Crippen LogP contribution in [-0.2, 0) is 4.79 Å². The Morgan fingerprint density at radius 2 is 2.35 bits per heavy atom.